The first-order chi connectivity index (χ1) is 17.2. The number of rotatable bonds is 7. The second-order valence-electron chi connectivity index (χ2n) is 8.57. The lowest BCUT2D eigenvalue weighted by molar-refractivity contribution is -0.898. The Morgan fingerprint density at radius 3 is 2.72 bits per heavy atom. The van der Waals surface area contributed by atoms with Gasteiger partial charge < -0.3 is 9.85 Å². The number of thiazole rings is 1. The van der Waals surface area contributed by atoms with Gasteiger partial charge in [-0.2, -0.15) is 0 Å². The first-order valence-electron chi connectivity index (χ1n) is 11.2. The largest absolute Gasteiger partial charge is 0.633 e. The third kappa shape index (κ3) is 6.98. The molecule has 36 heavy (non-hydrogen) atoms. The zero-order valence-electron chi connectivity index (χ0n) is 19.4. The van der Waals surface area contributed by atoms with Crippen LogP contribution in [0.5, 0.6) is 0 Å². The smallest absolute Gasteiger partial charge is 0.227 e. The third-order valence-electron chi connectivity index (χ3n) is 5.81. The van der Waals surface area contributed by atoms with Gasteiger partial charge >= 0.3 is 0 Å². The number of hydrogen-bond donors (Lipinski definition) is 3. The molecule has 0 aliphatic carbocycles. The first-order valence-corrected chi connectivity index (χ1v) is 13.7. The highest BCUT2D eigenvalue weighted by atomic mass is 35.5. The van der Waals surface area contributed by atoms with Crippen molar-refractivity contribution in [3.05, 3.63) is 74.2 Å². The molecule has 0 radical (unpaired) electrons. The van der Waals surface area contributed by atoms with E-state index in [9.17, 15) is 15.2 Å². The van der Waals surface area contributed by atoms with E-state index >= 15 is 0 Å². The normalized spacial score (nSPS) is 20.2. The second-order valence-corrected chi connectivity index (χ2v) is 11.3. The van der Waals surface area contributed by atoms with Crippen molar-refractivity contribution in [1.29, 1.82) is 0 Å². The van der Waals surface area contributed by atoms with Crippen molar-refractivity contribution in [1.82, 2.24) is 15.2 Å². The zero-order valence-corrected chi connectivity index (χ0v) is 22.6. The van der Waals surface area contributed by atoms with Crippen LogP contribution in [0.4, 0.5) is 0 Å². The van der Waals surface area contributed by atoms with E-state index in [0.29, 0.717) is 53.9 Å². The summed E-state index contributed by atoms with van der Waals surface area (Å²) in [5.41, 5.74) is 5.42. The molecule has 0 atom stereocenters. The number of aliphatic imine (C=N–C) groups is 1. The maximum Gasteiger partial charge on any atom is 0.227 e. The van der Waals surface area contributed by atoms with Crippen LogP contribution in [-0.2, 0) is 11.3 Å². The van der Waals surface area contributed by atoms with Gasteiger partial charge in [-0.05, 0) is 18.2 Å². The van der Waals surface area contributed by atoms with E-state index in [-0.39, 0.29) is 16.6 Å². The predicted octanol–water partition coefficient (Wildman–Crippen LogP) is 5.66. The van der Waals surface area contributed by atoms with Crippen LogP contribution in [0.2, 0.25) is 10.0 Å². The molecule has 1 fully saturated rings. The van der Waals surface area contributed by atoms with Gasteiger partial charge in [-0.3, -0.25) is 25.2 Å². The summed E-state index contributed by atoms with van der Waals surface area (Å²) in [5.74, 6) is 0.207. The number of amides is 1. The Kier molecular flexibility index (Phi) is 8.89. The van der Waals surface area contributed by atoms with Crippen LogP contribution in [0.25, 0.3) is 11.3 Å². The van der Waals surface area contributed by atoms with Crippen molar-refractivity contribution in [2.75, 3.05) is 13.1 Å². The second kappa shape index (κ2) is 11.9. The summed E-state index contributed by atoms with van der Waals surface area (Å²) < 4.78 is 3.04. The van der Waals surface area contributed by atoms with Crippen LogP contribution in [0.3, 0.4) is 0 Å². The Bertz CT molecular complexity index is 1260. The number of halogens is 2. The molecule has 3 aromatic rings. The van der Waals surface area contributed by atoms with Crippen LogP contribution in [0.15, 0.2) is 57.2 Å². The number of amidine groups is 1. The molecule has 12 heteroatoms. The highest BCUT2D eigenvalue weighted by Gasteiger charge is 2.28. The van der Waals surface area contributed by atoms with Gasteiger partial charge in [-0.1, -0.05) is 47.5 Å². The predicted molar refractivity (Wildman–Crippen MR) is 145 cm³/mol. The van der Waals surface area contributed by atoms with E-state index in [1.54, 1.807) is 12.1 Å². The molecule has 2 aromatic carbocycles. The number of nitrogens with one attached hydrogen (secondary N) is 2. The number of hydrogen-bond acceptors (Lipinski definition) is 7. The molecule has 8 nitrogen and oxygen atoms in total. The Morgan fingerprint density at radius 1 is 1.25 bits per heavy atom. The van der Waals surface area contributed by atoms with E-state index in [4.69, 9.17) is 28.2 Å². The van der Waals surface area contributed by atoms with Crippen molar-refractivity contribution in [2.24, 2.45) is 4.99 Å². The van der Waals surface area contributed by atoms with Crippen molar-refractivity contribution >= 4 is 58.2 Å². The zero-order chi connectivity index (χ0) is 25.7. The van der Waals surface area contributed by atoms with Crippen molar-refractivity contribution in [2.45, 2.75) is 36.7 Å². The van der Waals surface area contributed by atoms with Crippen molar-refractivity contribution in [3.8, 4) is 11.3 Å². The Morgan fingerprint density at radius 2 is 2.03 bits per heavy atom. The molecular weight excluding hydrogens is 541 g/mol. The number of carbonyl (C=O) groups is 1. The fourth-order valence-corrected chi connectivity index (χ4v) is 5.72. The summed E-state index contributed by atoms with van der Waals surface area (Å²) in [7, 11) is 0. The topological polar surface area (TPSA) is 110 Å². The molecule has 1 aliphatic rings. The summed E-state index contributed by atoms with van der Waals surface area (Å²) in [4.78, 5) is 20.4. The molecule has 0 bridgehead atoms. The van der Waals surface area contributed by atoms with Crippen LogP contribution < -0.4 is 10.2 Å². The van der Waals surface area contributed by atoms with Gasteiger partial charge in [0.2, 0.25) is 5.91 Å². The fraction of sp³-hybridized carbons (Fsp3) is 0.292. The van der Waals surface area contributed by atoms with E-state index in [1.807, 2.05) is 35.7 Å². The SMILES string of the molecule is CC(=O)NSc1nc(-c2cccc(C(=NC3CC[N+]([O-])(Cc4ccc(Cl)c(Cl)c4)CC3)NO)c2)cs1. The summed E-state index contributed by atoms with van der Waals surface area (Å²) in [6, 6.07) is 12.7. The van der Waals surface area contributed by atoms with Gasteiger partial charge in [0, 0.05) is 53.8 Å². The minimum atomic E-state index is -0.343. The van der Waals surface area contributed by atoms with E-state index in [2.05, 4.69) is 15.2 Å². The molecule has 0 unspecified atom stereocenters. The first kappa shape index (κ1) is 26.9. The van der Waals surface area contributed by atoms with Gasteiger partial charge in [0.15, 0.2) is 10.2 Å². The summed E-state index contributed by atoms with van der Waals surface area (Å²) in [6.45, 7) is 2.61. The van der Waals surface area contributed by atoms with Gasteiger partial charge in [-0.25, -0.2) is 4.98 Å². The van der Waals surface area contributed by atoms with Crippen molar-refractivity contribution in [3.63, 3.8) is 0 Å². The summed E-state index contributed by atoms with van der Waals surface area (Å²) >= 11 is 14.7. The van der Waals surface area contributed by atoms with Gasteiger partial charge in [-0.15, -0.1) is 11.3 Å². The number of nitrogens with zero attached hydrogens (tertiary/aromatic N) is 3. The fourth-order valence-electron chi connectivity index (χ4n) is 4.01. The minimum Gasteiger partial charge on any atom is -0.633 e. The highest BCUT2D eigenvalue weighted by Crippen LogP contribution is 2.29. The lowest BCUT2D eigenvalue weighted by atomic mass is 10.0. The molecule has 2 heterocycles. The standard InChI is InChI=1S/C24H25Cl2N5O3S2/c1-15(32)30-36-24-28-22(14-35-24)17-3-2-4-18(12-17)23(29-33)27-19-7-9-31(34,10-8-19)13-16-5-6-20(25)21(26)11-16/h2-6,11-12,14,19,33H,7-10,13H2,1H3,(H,27,29)(H,30,32). The molecule has 1 aromatic heterocycles. The van der Waals surface area contributed by atoms with Gasteiger partial charge in [0.1, 0.15) is 6.54 Å². The van der Waals surface area contributed by atoms with E-state index < -0.39 is 0 Å². The van der Waals surface area contributed by atoms with Crippen LogP contribution >= 0.6 is 46.5 Å². The minimum absolute atomic E-state index is 0.0859. The van der Waals surface area contributed by atoms with E-state index in [1.165, 1.54) is 30.2 Å². The molecule has 0 saturated carbocycles. The molecule has 1 amide bonds. The maximum atomic E-state index is 13.3. The number of quaternary nitrogens is 1. The average Bonchev–Trinajstić information content (AvgIpc) is 3.34. The van der Waals surface area contributed by atoms with Crippen LogP contribution in [0.1, 0.15) is 30.9 Å². The molecule has 0 spiro atoms. The number of hydroxylamine groups is 4. The van der Waals surface area contributed by atoms with Crippen LogP contribution in [0, 0.1) is 5.21 Å². The Balaban J connectivity index is 1.42. The number of piperidine rings is 1. The lowest BCUT2D eigenvalue weighted by Crippen LogP contribution is -2.48. The Hall–Kier alpha value is -2.18. The average molecular weight is 567 g/mol. The van der Waals surface area contributed by atoms with Crippen molar-refractivity contribution < 1.29 is 14.6 Å². The van der Waals surface area contributed by atoms with Crippen LogP contribution in [-0.4, -0.2) is 45.7 Å². The number of likely N-dealkylation sites (tertiary alicyclic amines) is 1. The monoisotopic (exact) mass is 565 g/mol. The quantitative estimate of drug-likeness (QED) is 0.0850. The lowest BCUT2D eigenvalue weighted by Gasteiger charge is -2.47. The number of aromatic nitrogens is 1. The summed E-state index contributed by atoms with van der Waals surface area (Å²) in [6.07, 6.45) is 1.21. The third-order valence-corrected chi connectivity index (χ3v) is 8.38. The van der Waals surface area contributed by atoms with Gasteiger partial charge in [0.05, 0.1) is 34.9 Å². The number of carbonyl (C=O) groups excluding carboxylic acids is 1. The van der Waals surface area contributed by atoms with E-state index in [0.717, 1.165) is 21.2 Å². The summed E-state index contributed by atoms with van der Waals surface area (Å²) in [5, 5.41) is 25.9. The molecule has 1 aliphatic heterocycles. The Labute approximate surface area is 227 Å². The molecule has 1 saturated heterocycles. The molecule has 190 valence electrons. The molecular formula is C24H25Cl2N5O3S2. The number of benzene rings is 2. The van der Waals surface area contributed by atoms with Gasteiger partial charge in [0.25, 0.3) is 0 Å². The molecule has 4 rings (SSSR count). The highest BCUT2D eigenvalue weighted by molar-refractivity contribution is 7.99. The maximum absolute atomic E-state index is 13.3. The molecule has 3 N–H and O–H groups in total.